The summed E-state index contributed by atoms with van der Waals surface area (Å²) in [6.07, 6.45) is 5.50. The van der Waals surface area contributed by atoms with Crippen molar-refractivity contribution in [3.8, 4) is 11.5 Å². The molecule has 0 aliphatic rings. The molecule has 5 nitrogen and oxygen atoms in total. The van der Waals surface area contributed by atoms with Gasteiger partial charge < -0.3 is 10.1 Å². The van der Waals surface area contributed by atoms with Crippen molar-refractivity contribution in [1.82, 2.24) is 20.1 Å². The molecule has 2 aromatic rings. The molecule has 2 rings (SSSR count). The van der Waals surface area contributed by atoms with Crippen LogP contribution >= 0.6 is 0 Å². The van der Waals surface area contributed by atoms with Gasteiger partial charge in [-0.05, 0) is 34.6 Å². The summed E-state index contributed by atoms with van der Waals surface area (Å²) in [5, 5.41) is 7.69. The van der Waals surface area contributed by atoms with E-state index in [9.17, 15) is 0 Å². The van der Waals surface area contributed by atoms with Gasteiger partial charge in [0, 0.05) is 42.1 Å². The molecule has 0 radical (unpaired) electrons. The Labute approximate surface area is 126 Å². The first kappa shape index (κ1) is 15.5. The maximum Gasteiger partial charge on any atom is 0.165 e. The first-order valence-corrected chi connectivity index (χ1v) is 7.28. The highest BCUT2D eigenvalue weighted by Crippen LogP contribution is 2.25. The van der Waals surface area contributed by atoms with Crippen LogP contribution in [-0.4, -0.2) is 20.3 Å². The third-order valence-corrected chi connectivity index (χ3v) is 3.05. The molecular weight excluding hydrogens is 264 g/mol. The fraction of sp³-hybridized carbons (Fsp3) is 0.500. The van der Waals surface area contributed by atoms with Gasteiger partial charge in [0.15, 0.2) is 5.75 Å². The highest BCUT2D eigenvalue weighted by molar-refractivity contribution is 5.36. The van der Waals surface area contributed by atoms with E-state index < -0.39 is 0 Å². The van der Waals surface area contributed by atoms with Crippen LogP contribution in [0, 0.1) is 6.92 Å². The highest BCUT2D eigenvalue weighted by Gasteiger charge is 2.12. The van der Waals surface area contributed by atoms with Crippen LogP contribution in [-0.2, 0) is 13.1 Å². The molecule has 0 aromatic carbocycles. The summed E-state index contributed by atoms with van der Waals surface area (Å²) in [6, 6.07) is 1.96. The van der Waals surface area contributed by atoms with Crippen LogP contribution < -0.4 is 10.1 Å². The minimum atomic E-state index is 0.0508. The summed E-state index contributed by atoms with van der Waals surface area (Å²) in [6.45, 7) is 12.0. The lowest BCUT2D eigenvalue weighted by Crippen LogP contribution is -2.35. The van der Waals surface area contributed by atoms with Crippen LogP contribution in [0.1, 0.15) is 39.0 Å². The number of nitrogens with one attached hydrogen (secondary N) is 1. The molecule has 5 heteroatoms. The molecule has 2 aromatic heterocycles. The van der Waals surface area contributed by atoms with E-state index in [1.807, 2.05) is 37.0 Å². The summed E-state index contributed by atoms with van der Waals surface area (Å²) in [4.78, 5) is 4.36. The van der Waals surface area contributed by atoms with Gasteiger partial charge in [-0.25, -0.2) is 0 Å². The number of pyridine rings is 1. The van der Waals surface area contributed by atoms with Gasteiger partial charge in [0.25, 0.3) is 0 Å². The van der Waals surface area contributed by atoms with Crippen LogP contribution in [0.2, 0.25) is 0 Å². The smallest absolute Gasteiger partial charge is 0.165 e. The number of rotatable bonds is 5. The van der Waals surface area contributed by atoms with Crippen LogP contribution in [0.15, 0.2) is 24.7 Å². The molecule has 2 heterocycles. The fourth-order valence-electron chi connectivity index (χ4n) is 1.85. The lowest BCUT2D eigenvalue weighted by Gasteiger charge is -2.21. The van der Waals surface area contributed by atoms with Crippen LogP contribution in [0.4, 0.5) is 0 Å². The van der Waals surface area contributed by atoms with Gasteiger partial charge in [0.1, 0.15) is 5.75 Å². The van der Waals surface area contributed by atoms with Crippen LogP contribution in [0.25, 0.3) is 0 Å². The zero-order chi connectivity index (χ0) is 15.5. The van der Waals surface area contributed by atoms with Crippen molar-refractivity contribution in [3.05, 3.63) is 35.9 Å². The van der Waals surface area contributed by atoms with Crippen LogP contribution in [0.3, 0.4) is 0 Å². The maximum absolute atomic E-state index is 5.97. The Kier molecular flexibility index (Phi) is 4.63. The minimum absolute atomic E-state index is 0.0508. The van der Waals surface area contributed by atoms with E-state index in [0.717, 1.165) is 29.3 Å². The molecule has 0 saturated heterocycles. The Bertz CT molecular complexity index is 599. The van der Waals surface area contributed by atoms with Crippen LogP contribution in [0.5, 0.6) is 11.5 Å². The molecule has 0 unspecified atom stereocenters. The second kappa shape index (κ2) is 6.26. The van der Waals surface area contributed by atoms with E-state index in [4.69, 9.17) is 4.74 Å². The van der Waals surface area contributed by atoms with Crippen molar-refractivity contribution < 1.29 is 4.74 Å². The lowest BCUT2D eigenvalue weighted by molar-refractivity contribution is 0.413. The predicted octanol–water partition coefficient (Wildman–Crippen LogP) is 3.29. The summed E-state index contributed by atoms with van der Waals surface area (Å²) < 4.78 is 7.82. The average Bonchev–Trinajstić information content (AvgIpc) is 2.84. The van der Waals surface area contributed by atoms with Gasteiger partial charge in [-0.15, -0.1) is 0 Å². The molecule has 0 atom stereocenters. The van der Waals surface area contributed by atoms with E-state index >= 15 is 0 Å². The maximum atomic E-state index is 5.97. The normalized spacial score (nSPS) is 11.7. The van der Waals surface area contributed by atoms with Crippen molar-refractivity contribution in [1.29, 1.82) is 0 Å². The number of hydrogen-bond acceptors (Lipinski definition) is 4. The van der Waals surface area contributed by atoms with Gasteiger partial charge in [-0.3, -0.25) is 9.67 Å². The van der Waals surface area contributed by atoms with Crippen molar-refractivity contribution in [2.75, 3.05) is 0 Å². The average molecular weight is 288 g/mol. The first-order valence-electron chi connectivity index (χ1n) is 7.28. The zero-order valence-electron chi connectivity index (χ0n) is 13.5. The second-order valence-electron chi connectivity index (χ2n) is 6.17. The van der Waals surface area contributed by atoms with E-state index in [1.54, 1.807) is 6.20 Å². The van der Waals surface area contributed by atoms with Crippen molar-refractivity contribution in [3.63, 3.8) is 0 Å². The van der Waals surface area contributed by atoms with Gasteiger partial charge in [-0.1, -0.05) is 0 Å². The van der Waals surface area contributed by atoms with Crippen molar-refractivity contribution >= 4 is 0 Å². The molecule has 0 aliphatic heterocycles. The van der Waals surface area contributed by atoms with Gasteiger partial charge in [0.05, 0.1) is 12.4 Å². The molecule has 0 aliphatic carbocycles. The third kappa shape index (κ3) is 4.56. The first-order chi connectivity index (χ1) is 9.87. The summed E-state index contributed by atoms with van der Waals surface area (Å²) in [5.41, 5.74) is 2.03. The van der Waals surface area contributed by atoms with Crippen molar-refractivity contribution in [2.24, 2.45) is 0 Å². The zero-order valence-corrected chi connectivity index (χ0v) is 13.5. The Balaban J connectivity index is 2.18. The Hall–Kier alpha value is -1.88. The molecule has 0 amide bonds. The number of ether oxygens (including phenoxy) is 1. The number of hydrogen-bond donors (Lipinski definition) is 1. The Morgan fingerprint density at radius 2 is 2.05 bits per heavy atom. The fourth-order valence-corrected chi connectivity index (χ4v) is 1.85. The molecule has 0 bridgehead atoms. The summed E-state index contributed by atoms with van der Waals surface area (Å²) >= 11 is 0. The van der Waals surface area contributed by atoms with E-state index in [2.05, 4.69) is 36.2 Å². The minimum Gasteiger partial charge on any atom is -0.454 e. The van der Waals surface area contributed by atoms with E-state index in [0.29, 0.717) is 6.54 Å². The topological polar surface area (TPSA) is 52.0 Å². The largest absolute Gasteiger partial charge is 0.454 e. The van der Waals surface area contributed by atoms with Gasteiger partial charge in [0.2, 0.25) is 0 Å². The molecule has 114 valence electrons. The highest BCUT2D eigenvalue weighted by atomic mass is 16.5. The quantitative estimate of drug-likeness (QED) is 0.917. The molecule has 1 N–H and O–H groups in total. The third-order valence-electron chi connectivity index (χ3n) is 3.05. The number of aromatic nitrogens is 3. The SMILES string of the molecule is CCn1cc(Oc2cc(C)ncc2CNC(C)(C)C)cn1. The number of aryl methyl sites for hydroxylation is 2. The number of nitrogens with zero attached hydrogens (tertiary/aromatic N) is 3. The van der Waals surface area contributed by atoms with Gasteiger partial charge >= 0.3 is 0 Å². The Morgan fingerprint density at radius 3 is 2.67 bits per heavy atom. The standard InChI is InChI=1S/C16H24N4O/c1-6-20-11-14(10-19-20)21-15-7-12(2)17-8-13(15)9-18-16(3,4)5/h7-8,10-11,18H,6,9H2,1-5H3. The summed E-state index contributed by atoms with van der Waals surface area (Å²) in [7, 11) is 0. The molecular formula is C16H24N4O. The molecule has 0 spiro atoms. The second-order valence-corrected chi connectivity index (χ2v) is 6.17. The van der Waals surface area contributed by atoms with Crippen molar-refractivity contribution in [2.45, 2.75) is 53.2 Å². The monoisotopic (exact) mass is 288 g/mol. The van der Waals surface area contributed by atoms with E-state index in [1.165, 1.54) is 0 Å². The lowest BCUT2D eigenvalue weighted by atomic mass is 10.1. The Morgan fingerprint density at radius 1 is 1.29 bits per heavy atom. The molecule has 0 saturated carbocycles. The van der Waals surface area contributed by atoms with E-state index in [-0.39, 0.29) is 5.54 Å². The predicted molar refractivity (Wildman–Crippen MR) is 83.5 cm³/mol. The molecule has 21 heavy (non-hydrogen) atoms. The molecule has 0 fully saturated rings. The van der Waals surface area contributed by atoms with Gasteiger partial charge in [-0.2, -0.15) is 5.10 Å². The summed E-state index contributed by atoms with van der Waals surface area (Å²) in [5.74, 6) is 1.58.